The Kier molecular flexibility index (Phi) is 6.46. The SMILES string of the molecule is COc1cc(/C=C/C(=O)N[C@@H](C)c2ccccc2)cc(OC)c1OC. The number of rotatable bonds is 7. The number of amides is 1. The Labute approximate surface area is 148 Å². The fourth-order valence-corrected chi connectivity index (χ4v) is 2.46. The number of hydrogen-bond donors (Lipinski definition) is 1. The molecule has 25 heavy (non-hydrogen) atoms. The van der Waals surface area contributed by atoms with Gasteiger partial charge in [0.1, 0.15) is 0 Å². The molecule has 0 bridgehead atoms. The number of carbonyl (C=O) groups excluding carboxylic acids is 1. The Balaban J connectivity index is 2.11. The van der Waals surface area contributed by atoms with E-state index in [0.29, 0.717) is 17.2 Å². The molecule has 1 atom stereocenters. The molecule has 0 aliphatic heterocycles. The zero-order chi connectivity index (χ0) is 18.2. The van der Waals surface area contributed by atoms with Gasteiger partial charge in [-0.05, 0) is 36.3 Å². The van der Waals surface area contributed by atoms with Gasteiger partial charge in [-0.25, -0.2) is 0 Å². The average molecular weight is 341 g/mol. The minimum atomic E-state index is -0.176. The molecule has 132 valence electrons. The van der Waals surface area contributed by atoms with Crippen LogP contribution >= 0.6 is 0 Å². The quantitative estimate of drug-likeness (QED) is 0.782. The van der Waals surface area contributed by atoms with Crippen molar-refractivity contribution in [2.45, 2.75) is 13.0 Å². The van der Waals surface area contributed by atoms with Crippen LogP contribution < -0.4 is 19.5 Å². The molecular weight excluding hydrogens is 318 g/mol. The first kappa shape index (κ1) is 18.4. The van der Waals surface area contributed by atoms with Crippen LogP contribution in [-0.4, -0.2) is 27.2 Å². The predicted molar refractivity (Wildman–Crippen MR) is 98.1 cm³/mol. The molecule has 2 aromatic rings. The number of benzene rings is 2. The molecule has 2 rings (SSSR count). The summed E-state index contributed by atoms with van der Waals surface area (Å²) in [6.07, 6.45) is 3.19. The lowest BCUT2D eigenvalue weighted by Gasteiger charge is -2.13. The Morgan fingerprint density at radius 2 is 1.60 bits per heavy atom. The molecule has 2 aromatic carbocycles. The Hall–Kier alpha value is -2.95. The molecule has 0 aliphatic rings. The van der Waals surface area contributed by atoms with Gasteiger partial charge in [0, 0.05) is 6.08 Å². The maximum Gasteiger partial charge on any atom is 0.244 e. The highest BCUT2D eigenvalue weighted by atomic mass is 16.5. The molecule has 0 saturated heterocycles. The fraction of sp³-hybridized carbons (Fsp3) is 0.250. The van der Waals surface area contributed by atoms with Crippen molar-refractivity contribution in [1.29, 1.82) is 0 Å². The largest absolute Gasteiger partial charge is 0.493 e. The van der Waals surface area contributed by atoms with Crippen LogP contribution in [0.5, 0.6) is 17.2 Å². The summed E-state index contributed by atoms with van der Waals surface area (Å²) in [6.45, 7) is 1.94. The minimum absolute atomic E-state index is 0.0710. The fourth-order valence-electron chi connectivity index (χ4n) is 2.46. The van der Waals surface area contributed by atoms with Gasteiger partial charge in [0.05, 0.1) is 27.4 Å². The van der Waals surface area contributed by atoms with Gasteiger partial charge in [-0.3, -0.25) is 4.79 Å². The second kappa shape index (κ2) is 8.78. The first-order valence-corrected chi connectivity index (χ1v) is 7.92. The molecule has 1 amide bonds. The lowest BCUT2D eigenvalue weighted by Crippen LogP contribution is -2.24. The smallest absolute Gasteiger partial charge is 0.244 e. The van der Waals surface area contributed by atoms with Crippen molar-refractivity contribution in [3.05, 3.63) is 59.7 Å². The standard InChI is InChI=1S/C20H23NO4/c1-14(16-8-6-5-7-9-16)21-19(22)11-10-15-12-17(23-2)20(25-4)18(13-15)24-3/h5-14H,1-4H3,(H,21,22)/b11-10+/t14-/m0/s1. The first-order chi connectivity index (χ1) is 12.1. The zero-order valence-corrected chi connectivity index (χ0v) is 14.9. The van der Waals surface area contributed by atoms with Crippen molar-refractivity contribution < 1.29 is 19.0 Å². The van der Waals surface area contributed by atoms with E-state index in [4.69, 9.17) is 14.2 Å². The van der Waals surface area contributed by atoms with Gasteiger partial charge in [0.25, 0.3) is 0 Å². The average Bonchev–Trinajstić information content (AvgIpc) is 2.65. The molecule has 0 radical (unpaired) electrons. The van der Waals surface area contributed by atoms with E-state index in [1.54, 1.807) is 39.5 Å². The van der Waals surface area contributed by atoms with Crippen LogP contribution in [-0.2, 0) is 4.79 Å². The third kappa shape index (κ3) is 4.76. The van der Waals surface area contributed by atoms with Gasteiger partial charge >= 0.3 is 0 Å². The van der Waals surface area contributed by atoms with Crippen molar-refractivity contribution in [2.24, 2.45) is 0 Å². The zero-order valence-electron chi connectivity index (χ0n) is 14.9. The van der Waals surface area contributed by atoms with Crippen LogP contribution in [0.15, 0.2) is 48.5 Å². The van der Waals surface area contributed by atoms with Gasteiger partial charge < -0.3 is 19.5 Å². The van der Waals surface area contributed by atoms with Gasteiger partial charge in [-0.2, -0.15) is 0 Å². The van der Waals surface area contributed by atoms with Crippen LogP contribution in [0.1, 0.15) is 24.1 Å². The third-order valence-corrected chi connectivity index (χ3v) is 3.77. The summed E-state index contributed by atoms with van der Waals surface area (Å²) in [7, 11) is 4.66. The molecule has 1 N–H and O–H groups in total. The molecule has 5 heteroatoms. The minimum Gasteiger partial charge on any atom is -0.493 e. The molecule has 0 aromatic heterocycles. The van der Waals surface area contributed by atoms with Crippen molar-refractivity contribution in [2.75, 3.05) is 21.3 Å². The number of carbonyl (C=O) groups is 1. The van der Waals surface area contributed by atoms with E-state index in [-0.39, 0.29) is 11.9 Å². The maximum atomic E-state index is 12.1. The molecule has 0 fully saturated rings. The molecule has 0 aliphatic carbocycles. The first-order valence-electron chi connectivity index (χ1n) is 7.92. The van der Waals surface area contributed by atoms with Crippen molar-refractivity contribution >= 4 is 12.0 Å². The Bertz CT molecular complexity index is 716. The van der Waals surface area contributed by atoms with E-state index in [9.17, 15) is 4.79 Å². The Morgan fingerprint density at radius 3 is 2.12 bits per heavy atom. The summed E-state index contributed by atoms with van der Waals surface area (Å²) in [4.78, 5) is 12.1. The topological polar surface area (TPSA) is 56.8 Å². The van der Waals surface area contributed by atoms with Crippen LogP contribution in [0.25, 0.3) is 6.08 Å². The highest BCUT2D eigenvalue weighted by Gasteiger charge is 2.12. The van der Waals surface area contributed by atoms with E-state index in [1.165, 1.54) is 6.08 Å². The molecule has 0 heterocycles. The van der Waals surface area contributed by atoms with Gasteiger partial charge in [-0.15, -0.1) is 0 Å². The number of methoxy groups -OCH3 is 3. The molecule has 0 unspecified atom stereocenters. The van der Waals surface area contributed by atoms with Crippen molar-refractivity contribution in [3.63, 3.8) is 0 Å². The second-order valence-corrected chi connectivity index (χ2v) is 5.43. The van der Waals surface area contributed by atoms with Crippen LogP contribution in [0.2, 0.25) is 0 Å². The summed E-state index contributed by atoms with van der Waals surface area (Å²) in [5, 5.41) is 2.93. The lowest BCUT2D eigenvalue weighted by atomic mass is 10.1. The maximum absolute atomic E-state index is 12.1. The monoisotopic (exact) mass is 341 g/mol. The van der Waals surface area contributed by atoms with Crippen LogP contribution in [0, 0.1) is 0 Å². The number of nitrogens with one attached hydrogen (secondary N) is 1. The summed E-state index contributed by atoms with van der Waals surface area (Å²) >= 11 is 0. The molecule has 0 saturated carbocycles. The number of ether oxygens (including phenoxy) is 3. The van der Waals surface area contributed by atoms with Gasteiger partial charge in [0.2, 0.25) is 11.7 Å². The van der Waals surface area contributed by atoms with Crippen LogP contribution in [0.3, 0.4) is 0 Å². The summed E-state index contributed by atoms with van der Waals surface area (Å²) in [5.41, 5.74) is 1.83. The van der Waals surface area contributed by atoms with Crippen LogP contribution in [0.4, 0.5) is 0 Å². The number of hydrogen-bond acceptors (Lipinski definition) is 4. The predicted octanol–water partition coefficient (Wildman–Crippen LogP) is 3.60. The van der Waals surface area contributed by atoms with E-state index in [1.807, 2.05) is 37.3 Å². The van der Waals surface area contributed by atoms with E-state index < -0.39 is 0 Å². The van der Waals surface area contributed by atoms with E-state index in [2.05, 4.69) is 5.32 Å². The Morgan fingerprint density at radius 1 is 1.00 bits per heavy atom. The normalized spacial score (nSPS) is 11.8. The van der Waals surface area contributed by atoms with Gasteiger partial charge in [0.15, 0.2) is 11.5 Å². The lowest BCUT2D eigenvalue weighted by molar-refractivity contribution is -0.117. The highest BCUT2D eigenvalue weighted by Crippen LogP contribution is 2.38. The summed E-state index contributed by atoms with van der Waals surface area (Å²) < 4.78 is 15.9. The second-order valence-electron chi connectivity index (χ2n) is 5.43. The van der Waals surface area contributed by atoms with Crippen molar-refractivity contribution in [1.82, 2.24) is 5.32 Å². The molecule has 5 nitrogen and oxygen atoms in total. The van der Waals surface area contributed by atoms with E-state index in [0.717, 1.165) is 11.1 Å². The van der Waals surface area contributed by atoms with Gasteiger partial charge in [-0.1, -0.05) is 30.3 Å². The summed E-state index contributed by atoms with van der Waals surface area (Å²) in [6, 6.07) is 13.3. The molecular formula is C20H23NO4. The molecule has 0 spiro atoms. The van der Waals surface area contributed by atoms with E-state index >= 15 is 0 Å². The third-order valence-electron chi connectivity index (χ3n) is 3.77. The summed E-state index contributed by atoms with van der Waals surface area (Å²) in [5.74, 6) is 1.42. The van der Waals surface area contributed by atoms with Crippen molar-refractivity contribution in [3.8, 4) is 17.2 Å². The highest BCUT2D eigenvalue weighted by molar-refractivity contribution is 5.92.